The Morgan fingerprint density at radius 1 is 0.957 bits per heavy atom. The standard InChI is InChI=1S/C16H9F3N2O2/c17-10-3-1-2-9(4-10)14-8-15(23-21-14)16(22)20-13-6-11(18)5-12(19)7-13/h1-8H,(H,20,22). The molecule has 0 aliphatic carbocycles. The van der Waals surface area contributed by atoms with Crippen LogP contribution in [0.4, 0.5) is 18.9 Å². The number of hydrogen-bond donors (Lipinski definition) is 1. The number of benzene rings is 2. The quantitative estimate of drug-likeness (QED) is 0.794. The van der Waals surface area contributed by atoms with E-state index in [1.807, 2.05) is 0 Å². The number of halogens is 3. The molecule has 0 saturated heterocycles. The molecule has 0 bridgehead atoms. The molecule has 0 spiro atoms. The minimum absolute atomic E-state index is 0.0591. The van der Waals surface area contributed by atoms with Gasteiger partial charge in [-0.15, -0.1) is 0 Å². The molecule has 3 rings (SSSR count). The first-order valence-corrected chi connectivity index (χ1v) is 6.51. The molecular formula is C16H9F3N2O2. The van der Waals surface area contributed by atoms with E-state index in [9.17, 15) is 18.0 Å². The first-order valence-electron chi connectivity index (χ1n) is 6.51. The van der Waals surface area contributed by atoms with Gasteiger partial charge in [0.25, 0.3) is 5.91 Å². The minimum Gasteiger partial charge on any atom is -0.350 e. The van der Waals surface area contributed by atoms with Crippen LogP contribution in [-0.2, 0) is 0 Å². The van der Waals surface area contributed by atoms with Crippen LogP contribution in [0.1, 0.15) is 10.6 Å². The summed E-state index contributed by atoms with van der Waals surface area (Å²) in [6.45, 7) is 0. The van der Waals surface area contributed by atoms with E-state index in [2.05, 4.69) is 10.5 Å². The van der Waals surface area contributed by atoms with Gasteiger partial charge in [0.15, 0.2) is 0 Å². The molecule has 1 N–H and O–H groups in total. The van der Waals surface area contributed by atoms with Gasteiger partial charge in [-0.05, 0) is 24.3 Å². The Bertz CT molecular complexity index is 857. The third-order valence-corrected chi connectivity index (χ3v) is 2.97. The van der Waals surface area contributed by atoms with Crippen LogP contribution >= 0.6 is 0 Å². The van der Waals surface area contributed by atoms with E-state index < -0.39 is 23.4 Å². The zero-order valence-corrected chi connectivity index (χ0v) is 11.5. The maximum Gasteiger partial charge on any atom is 0.294 e. The first-order chi connectivity index (χ1) is 11.0. The molecule has 0 fully saturated rings. The van der Waals surface area contributed by atoms with E-state index in [0.29, 0.717) is 11.6 Å². The summed E-state index contributed by atoms with van der Waals surface area (Å²) in [5, 5.41) is 5.96. The normalized spacial score (nSPS) is 10.6. The number of carbonyl (C=O) groups is 1. The maximum absolute atomic E-state index is 13.2. The number of amides is 1. The van der Waals surface area contributed by atoms with Gasteiger partial charge in [0.1, 0.15) is 23.1 Å². The number of aromatic nitrogens is 1. The molecule has 0 saturated carbocycles. The van der Waals surface area contributed by atoms with Crippen molar-refractivity contribution in [1.82, 2.24) is 5.16 Å². The van der Waals surface area contributed by atoms with Crippen molar-refractivity contribution in [3.8, 4) is 11.3 Å². The molecule has 7 heteroatoms. The monoisotopic (exact) mass is 318 g/mol. The van der Waals surface area contributed by atoms with Crippen molar-refractivity contribution in [2.45, 2.75) is 0 Å². The number of anilines is 1. The van der Waals surface area contributed by atoms with Crippen LogP contribution in [0.3, 0.4) is 0 Å². The first kappa shape index (κ1) is 14.8. The van der Waals surface area contributed by atoms with Gasteiger partial charge < -0.3 is 9.84 Å². The predicted molar refractivity (Wildman–Crippen MR) is 76.2 cm³/mol. The van der Waals surface area contributed by atoms with Crippen LogP contribution in [0.5, 0.6) is 0 Å². The van der Waals surface area contributed by atoms with Crippen LogP contribution < -0.4 is 5.32 Å². The van der Waals surface area contributed by atoms with E-state index >= 15 is 0 Å². The topological polar surface area (TPSA) is 55.1 Å². The second-order valence-corrected chi connectivity index (χ2v) is 4.70. The Morgan fingerprint density at radius 2 is 1.70 bits per heavy atom. The highest BCUT2D eigenvalue weighted by Gasteiger charge is 2.15. The molecule has 4 nitrogen and oxygen atoms in total. The third-order valence-electron chi connectivity index (χ3n) is 2.97. The number of nitrogens with one attached hydrogen (secondary N) is 1. The third kappa shape index (κ3) is 3.39. The average Bonchev–Trinajstić information content (AvgIpc) is 2.96. The zero-order chi connectivity index (χ0) is 16.4. The second kappa shape index (κ2) is 5.96. The summed E-state index contributed by atoms with van der Waals surface area (Å²) < 4.78 is 44.2. The molecule has 0 atom stereocenters. The van der Waals surface area contributed by atoms with Gasteiger partial charge in [0.2, 0.25) is 5.76 Å². The minimum atomic E-state index is -0.821. The van der Waals surface area contributed by atoms with Crippen LogP contribution in [0.2, 0.25) is 0 Å². The van der Waals surface area contributed by atoms with E-state index in [0.717, 1.165) is 12.1 Å². The molecule has 2 aromatic carbocycles. The zero-order valence-electron chi connectivity index (χ0n) is 11.5. The van der Waals surface area contributed by atoms with Crippen molar-refractivity contribution >= 4 is 11.6 Å². The van der Waals surface area contributed by atoms with Gasteiger partial charge in [0.05, 0.1) is 0 Å². The Kier molecular flexibility index (Phi) is 3.84. The molecule has 0 aliphatic rings. The van der Waals surface area contributed by atoms with Crippen molar-refractivity contribution in [3.63, 3.8) is 0 Å². The fourth-order valence-corrected chi connectivity index (χ4v) is 1.98. The summed E-state index contributed by atoms with van der Waals surface area (Å²) in [4.78, 5) is 12.0. The average molecular weight is 318 g/mol. The van der Waals surface area contributed by atoms with E-state index in [1.54, 1.807) is 6.07 Å². The van der Waals surface area contributed by atoms with Gasteiger partial charge in [-0.25, -0.2) is 13.2 Å². The summed E-state index contributed by atoms with van der Waals surface area (Å²) >= 11 is 0. The van der Waals surface area contributed by atoms with Gasteiger partial charge in [-0.1, -0.05) is 17.3 Å². The smallest absolute Gasteiger partial charge is 0.294 e. The van der Waals surface area contributed by atoms with Crippen molar-refractivity contribution < 1.29 is 22.5 Å². The van der Waals surface area contributed by atoms with E-state index in [1.165, 1.54) is 24.3 Å². The summed E-state index contributed by atoms with van der Waals surface area (Å²) in [7, 11) is 0. The highest BCUT2D eigenvalue weighted by atomic mass is 19.1. The van der Waals surface area contributed by atoms with Crippen LogP contribution in [0.25, 0.3) is 11.3 Å². The highest BCUT2D eigenvalue weighted by Crippen LogP contribution is 2.21. The fraction of sp³-hybridized carbons (Fsp3) is 0. The van der Waals surface area contributed by atoms with Crippen molar-refractivity contribution in [3.05, 3.63) is 71.7 Å². The Morgan fingerprint density at radius 3 is 2.39 bits per heavy atom. The van der Waals surface area contributed by atoms with E-state index in [-0.39, 0.29) is 17.1 Å². The summed E-state index contributed by atoms with van der Waals surface area (Å²) in [5.41, 5.74) is 0.640. The molecule has 0 radical (unpaired) electrons. The molecule has 1 heterocycles. The van der Waals surface area contributed by atoms with Crippen molar-refractivity contribution in [2.24, 2.45) is 0 Å². The Balaban J connectivity index is 1.81. The maximum atomic E-state index is 13.2. The molecule has 1 amide bonds. The molecule has 0 unspecified atom stereocenters. The SMILES string of the molecule is O=C(Nc1cc(F)cc(F)c1)c1cc(-c2cccc(F)c2)no1. The Hall–Kier alpha value is -3.09. The number of hydrogen-bond acceptors (Lipinski definition) is 3. The lowest BCUT2D eigenvalue weighted by atomic mass is 10.1. The number of nitrogens with zero attached hydrogens (tertiary/aromatic N) is 1. The second-order valence-electron chi connectivity index (χ2n) is 4.70. The van der Waals surface area contributed by atoms with Gasteiger partial charge >= 0.3 is 0 Å². The molecular weight excluding hydrogens is 309 g/mol. The molecule has 23 heavy (non-hydrogen) atoms. The number of carbonyl (C=O) groups excluding carboxylic acids is 1. The highest BCUT2D eigenvalue weighted by molar-refractivity contribution is 6.02. The van der Waals surface area contributed by atoms with Crippen molar-refractivity contribution in [2.75, 3.05) is 5.32 Å². The van der Waals surface area contributed by atoms with E-state index in [4.69, 9.17) is 4.52 Å². The van der Waals surface area contributed by atoms with Crippen LogP contribution in [0, 0.1) is 17.5 Å². The fourth-order valence-electron chi connectivity index (χ4n) is 1.98. The molecule has 3 aromatic rings. The van der Waals surface area contributed by atoms with Gasteiger partial charge in [-0.3, -0.25) is 4.79 Å². The molecule has 116 valence electrons. The van der Waals surface area contributed by atoms with Gasteiger partial charge in [-0.2, -0.15) is 0 Å². The number of rotatable bonds is 3. The lowest BCUT2D eigenvalue weighted by molar-refractivity contribution is 0.0988. The molecule has 1 aromatic heterocycles. The lowest BCUT2D eigenvalue weighted by Crippen LogP contribution is -2.11. The summed E-state index contributed by atoms with van der Waals surface area (Å²) in [6.07, 6.45) is 0. The Labute approximate surface area is 128 Å². The predicted octanol–water partition coefficient (Wildman–Crippen LogP) is 4.01. The molecule has 0 aliphatic heterocycles. The largest absolute Gasteiger partial charge is 0.350 e. The van der Waals surface area contributed by atoms with Crippen LogP contribution in [-0.4, -0.2) is 11.1 Å². The summed E-state index contributed by atoms with van der Waals surface area (Å²) in [6, 6.07) is 9.53. The van der Waals surface area contributed by atoms with Crippen LogP contribution in [0.15, 0.2) is 53.1 Å². The van der Waals surface area contributed by atoms with Crippen molar-refractivity contribution in [1.29, 1.82) is 0 Å². The lowest BCUT2D eigenvalue weighted by Gasteiger charge is -2.02. The van der Waals surface area contributed by atoms with Gasteiger partial charge in [0, 0.05) is 23.4 Å². The summed E-state index contributed by atoms with van der Waals surface area (Å²) in [5.74, 6) is -3.00.